The lowest BCUT2D eigenvalue weighted by Crippen LogP contribution is -2.26. The Labute approximate surface area is 129 Å². The molecule has 3 rings (SSSR count). The second kappa shape index (κ2) is 5.93. The highest BCUT2D eigenvalue weighted by Crippen LogP contribution is 2.34. The molecule has 0 spiro atoms. The van der Waals surface area contributed by atoms with Crippen LogP contribution in [0.5, 0.6) is 5.88 Å². The van der Waals surface area contributed by atoms with Gasteiger partial charge in [0, 0.05) is 10.9 Å². The molecule has 21 heavy (non-hydrogen) atoms. The molecule has 0 atom stereocenters. The van der Waals surface area contributed by atoms with Crippen molar-refractivity contribution in [1.29, 1.82) is 0 Å². The van der Waals surface area contributed by atoms with Gasteiger partial charge in [-0.3, -0.25) is 0 Å². The van der Waals surface area contributed by atoms with Crippen molar-refractivity contribution < 1.29 is 4.74 Å². The van der Waals surface area contributed by atoms with E-state index in [4.69, 9.17) is 10.5 Å². The van der Waals surface area contributed by atoms with Crippen LogP contribution in [0.2, 0.25) is 0 Å². The third-order valence-corrected chi connectivity index (χ3v) is 4.27. The lowest BCUT2D eigenvalue weighted by Gasteiger charge is -2.24. The van der Waals surface area contributed by atoms with Crippen LogP contribution in [0.15, 0.2) is 29.6 Å². The number of nitrogens with two attached hydrogens (primary N) is 1. The van der Waals surface area contributed by atoms with Gasteiger partial charge >= 0.3 is 0 Å². The topological polar surface area (TPSA) is 51.4 Å². The van der Waals surface area contributed by atoms with Gasteiger partial charge in [0.2, 0.25) is 5.88 Å². The predicted molar refractivity (Wildman–Crippen MR) is 87.9 cm³/mol. The molecule has 0 aromatic carbocycles. The largest absolute Gasteiger partial charge is 0.473 e. The van der Waals surface area contributed by atoms with Crippen molar-refractivity contribution in [3.8, 4) is 5.88 Å². The standard InChI is InChI=1S/C16H21N3OS/c1-11(2)20-16-14(17)7-8-15(18-16)19(12-5-6-12)10-13-4-3-9-21-13/h3-4,7-9,11-12H,5-6,10,17H2,1-2H3. The van der Waals surface area contributed by atoms with E-state index < -0.39 is 0 Å². The van der Waals surface area contributed by atoms with Gasteiger partial charge in [0.25, 0.3) is 0 Å². The molecule has 0 bridgehead atoms. The number of anilines is 2. The number of hydrogen-bond donors (Lipinski definition) is 1. The molecule has 2 aromatic heterocycles. The number of hydrogen-bond acceptors (Lipinski definition) is 5. The molecular formula is C16H21N3OS. The van der Waals surface area contributed by atoms with Gasteiger partial charge in [-0.05, 0) is 50.3 Å². The summed E-state index contributed by atoms with van der Waals surface area (Å²) in [6, 6.07) is 8.74. The fourth-order valence-electron chi connectivity index (χ4n) is 2.27. The second-order valence-electron chi connectivity index (χ2n) is 5.67. The summed E-state index contributed by atoms with van der Waals surface area (Å²) in [5.74, 6) is 1.50. The van der Waals surface area contributed by atoms with Crippen molar-refractivity contribution in [2.45, 2.75) is 45.4 Å². The average Bonchev–Trinajstić information content (AvgIpc) is 3.15. The first-order valence-corrected chi connectivity index (χ1v) is 8.23. The summed E-state index contributed by atoms with van der Waals surface area (Å²) in [5, 5.41) is 2.12. The van der Waals surface area contributed by atoms with Gasteiger partial charge in [-0.1, -0.05) is 6.07 Å². The van der Waals surface area contributed by atoms with Gasteiger partial charge in [0.1, 0.15) is 5.82 Å². The van der Waals surface area contributed by atoms with Crippen LogP contribution in [0.3, 0.4) is 0 Å². The minimum Gasteiger partial charge on any atom is -0.473 e. The summed E-state index contributed by atoms with van der Waals surface area (Å²) in [7, 11) is 0. The number of nitrogen functional groups attached to an aromatic ring is 1. The molecule has 2 N–H and O–H groups in total. The van der Waals surface area contributed by atoms with Crippen LogP contribution in [-0.2, 0) is 6.54 Å². The quantitative estimate of drug-likeness (QED) is 0.884. The van der Waals surface area contributed by atoms with E-state index in [1.165, 1.54) is 17.7 Å². The highest BCUT2D eigenvalue weighted by molar-refractivity contribution is 7.09. The molecule has 0 amide bonds. The Morgan fingerprint density at radius 3 is 2.81 bits per heavy atom. The Balaban J connectivity index is 1.85. The van der Waals surface area contributed by atoms with Crippen LogP contribution in [-0.4, -0.2) is 17.1 Å². The molecule has 4 nitrogen and oxygen atoms in total. The lowest BCUT2D eigenvalue weighted by atomic mass is 10.3. The molecule has 0 saturated heterocycles. The van der Waals surface area contributed by atoms with Crippen molar-refractivity contribution in [3.05, 3.63) is 34.5 Å². The van der Waals surface area contributed by atoms with E-state index in [9.17, 15) is 0 Å². The zero-order valence-electron chi connectivity index (χ0n) is 12.5. The Morgan fingerprint density at radius 2 is 2.19 bits per heavy atom. The highest BCUT2D eigenvalue weighted by atomic mass is 32.1. The van der Waals surface area contributed by atoms with Crippen molar-refractivity contribution in [2.24, 2.45) is 0 Å². The Bertz CT molecular complexity index is 594. The summed E-state index contributed by atoms with van der Waals surface area (Å²) in [6.07, 6.45) is 2.54. The Kier molecular flexibility index (Phi) is 4.01. The molecule has 112 valence electrons. The van der Waals surface area contributed by atoms with Gasteiger partial charge in [-0.2, -0.15) is 4.98 Å². The predicted octanol–water partition coefficient (Wildman–Crippen LogP) is 3.68. The van der Waals surface area contributed by atoms with Crippen LogP contribution in [0.25, 0.3) is 0 Å². The van der Waals surface area contributed by atoms with Crippen molar-refractivity contribution in [1.82, 2.24) is 4.98 Å². The molecule has 5 heteroatoms. The van der Waals surface area contributed by atoms with E-state index in [0.29, 0.717) is 17.6 Å². The third kappa shape index (κ3) is 3.47. The first kappa shape index (κ1) is 14.2. The number of rotatable bonds is 6. The molecule has 2 heterocycles. The van der Waals surface area contributed by atoms with Crippen molar-refractivity contribution >= 4 is 22.8 Å². The summed E-state index contributed by atoms with van der Waals surface area (Å²) < 4.78 is 5.71. The smallest absolute Gasteiger partial charge is 0.239 e. The number of ether oxygens (including phenoxy) is 1. The first-order valence-electron chi connectivity index (χ1n) is 7.35. The monoisotopic (exact) mass is 303 g/mol. The van der Waals surface area contributed by atoms with Crippen LogP contribution in [0, 0.1) is 0 Å². The number of nitrogens with zero attached hydrogens (tertiary/aromatic N) is 2. The van der Waals surface area contributed by atoms with E-state index >= 15 is 0 Å². The third-order valence-electron chi connectivity index (χ3n) is 3.41. The van der Waals surface area contributed by atoms with Gasteiger partial charge in [-0.15, -0.1) is 11.3 Å². The fourth-order valence-corrected chi connectivity index (χ4v) is 2.98. The fraction of sp³-hybridized carbons (Fsp3) is 0.438. The second-order valence-corrected chi connectivity index (χ2v) is 6.70. The number of aromatic nitrogens is 1. The van der Waals surface area contributed by atoms with E-state index in [-0.39, 0.29) is 6.10 Å². The first-order chi connectivity index (χ1) is 10.1. The molecule has 2 aromatic rings. The van der Waals surface area contributed by atoms with Crippen molar-refractivity contribution in [3.63, 3.8) is 0 Å². The zero-order valence-corrected chi connectivity index (χ0v) is 13.3. The maximum atomic E-state index is 5.96. The Morgan fingerprint density at radius 1 is 1.38 bits per heavy atom. The summed E-state index contributed by atoms with van der Waals surface area (Å²) in [5.41, 5.74) is 6.56. The molecule has 1 saturated carbocycles. The summed E-state index contributed by atoms with van der Waals surface area (Å²) >= 11 is 1.78. The average molecular weight is 303 g/mol. The molecule has 0 radical (unpaired) electrons. The molecule has 1 aliphatic rings. The number of thiophene rings is 1. The van der Waals surface area contributed by atoms with Gasteiger partial charge in [0.15, 0.2) is 0 Å². The summed E-state index contributed by atoms with van der Waals surface area (Å²) in [4.78, 5) is 8.35. The summed E-state index contributed by atoms with van der Waals surface area (Å²) in [6.45, 7) is 4.87. The van der Waals surface area contributed by atoms with Crippen molar-refractivity contribution in [2.75, 3.05) is 10.6 Å². The normalized spacial score (nSPS) is 14.4. The van der Waals surface area contributed by atoms with Crippen LogP contribution >= 0.6 is 11.3 Å². The zero-order chi connectivity index (χ0) is 14.8. The van der Waals surface area contributed by atoms with Crippen LogP contribution in [0.1, 0.15) is 31.6 Å². The molecule has 1 fully saturated rings. The van der Waals surface area contributed by atoms with E-state index in [2.05, 4.69) is 27.4 Å². The maximum Gasteiger partial charge on any atom is 0.239 e. The molecule has 0 aliphatic heterocycles. The Hall–Kier alpha value is -1.75. The minimum atomic E-state index is 0.0710. The molecular weight excluding hydrogens is 282 g/mol. The van der Waals surface area contributed by atoms with Crippen LogP contribution in [0.4, 0.5) is 11.5 Å². The molecule has 0 unspecified atom stereocenters. The van der Waals surface area contributed by atoms with Gasteiger partial charge in [-0.25, -0.2) is 0 Å². The van der Waals surface area contributed by atoms with Gasteiger partial charge < -0.3 is 15.4 Å². The number of pyridine rings is 1. The van der Waals surface area contributed by atoms with E-state index in [1.807, 2.05) is 26.0 Å². The van der Waals surface area contributed by atoms with Gasteiger partial charge in [0.05, 0.1) is 18.3 Å². The van der Waals surface area contributed by atoms with Crippen LogP contribution < -0.4 is 15.4 Å². The van der Waals surface area contributed by atoms with E-state index in [1.54, 1.807) is 11.3 Å². The highest BCUT2D eigenvalue weighted by Gasteiger charge is 2.30. The lowest BCUT2D eigenvalue weighted by molar-refractivity contribution is 0.234. The maximum absolute atomic E-state index is 5.96. The minimum absolute atomic E-state index is 0.0710. The SMILES string of the molecule is CC(C)Oc1nc(N(Cc2cccs2)C2CC2)ccc1N. The van der Waals surface area contributed by atoms with E-state index in [0.717, 1.165) is 12.4 Å². The molecule has 1 aliphatic carbocycles.